The Balaban J connectivity index is 2.01. The monoisotopic (exact) mass is 271 g/mol. The molecule has 0 aliphatic heterocycles. The molecule has 0 heterocycles. The quantitative estimate of drug-likeness (QED) is 0.872. The average molecular weight is 272 g/mol. The minimum atomic E-state index is -0.333. The summed E-state index contributed by atoms with van der Waals surface area (Å²) in [5, 5.41) is 13.2. The molecular weight excluding hydrogens is 253 g/mol. The lowest BCUT2D eigenvalue weighted by molar-refractivity contribution is 0.0944. The number of hydrogen-bond donors (Lipinski definition) is 2. The van der Waals surface area contributed by atoms with E-state index in [1.807, 2.05) is 0 Å². The van der Waals surface area contributed by atoms with E-state index in [0.29, 0.717) is 11.6 Å². The Morgan fingerprint density at radius 1 is 1.28 bits per heavy atom. The van der Waals surface area contributed by atoms with Crippen LogP contribution in [-0.4, -0.2) is 18.3 Å². The van der Waals surface area contributed by atoms with Crippen LogP contribution >= 0.6 is 11.6 Å². The number of halogens is 2. The van der Waals surface area contributed by atoms with Crippen LogP contribution in [0.4, 0.5) is 10.1 Å². The van der Waals surface area contributed by atoms with Gasteiger partial charge in [0.25, 0.3) is 0 Å². The molecule has 0 amide bonds. The van der Waals surface area contributed by atoms with Crippen LogP contribution in [0, 0.1) is 11.2 Å². The third-order valence-corrected chi connectivity index (χ3v) is 4.15. The van der Waals surface area contributed by atoms with Crippen molar-refractivity contribution in [3.05, 3.63) is 29.0 Å². The third kappa shape index (κ3) is 3.15. The zero-order valence-electron chi connectivity index (χ0n) is 10.4. The highest BCUT2D eigenvalue weighted by atomic mass is 35.5. The van der Waals surface area contributed by atoms with Crippen molar-refractivity contribution >= 4 is 17.3 Å². The van der Waals surface area contributed by atoms with Crippen LogP contribution in [0.15, 0.2) is 18.2 Å². The Hall–Kier alpha value is -0.800. The number of benzene rings is 1. The number of hydrogen-bond acceptors (Lipinski definition) is 2. The van der Waals surface area contributed by atoms with Crippen LogP contribution in [0.1, 0.15) is 32.1 Å². The van der Waals surface area contributed by atoms with Crippen LogP contribution in [0.2, 0.25) is 5.02 Å². The van der Waals surface area contributed by atoms with Crippen molar-refractivity contribution < 1.29 is 9.50 Å². The van der Waals surface area contributed by atoms with Gasteiger partial charge in [-0.25, -0.2) is 4.39 Å². The molecule has 4 heteroatoms. The maximum atomic E-state index is 12.9. The number of aliphatic hydroxyl groups is 1. The fourth-order valence-electron chi connectivity index (χ4n) is 2.61. The highest BCUT2D eigenvalue weighted by Gasteiger charge is 2.31. The predicted octanol–water partition coefficient (Wildman–Crippen LogP) is 3.83. The first kappa shape index (κ1) is 13.6. The van der Waals surface area contributed by atoms with Crippen molar-refractivity contribution in [2.24, 2.45) is 5.41 Å². The summed E-state index contributed by atoms with van der Waals surface area (Å²) >= 11 is 5.97. The van der Waals surface area contributed by atoms with Crippen LogP contribution < -0.4 is 5.32 Å². The van der Waals surface area contributed by atoms with Gasteiger partial charge in [0, 0.05) is 12.0 Å². The molecule has 1 aliphatic carbocycles. The summed E-state index contributed by atoms with van der Waals surface area (Å²) in [5.74, 6) is -0.333. The smallest absolute Gasteiger partial charge is 0.124 e. The molecule has 1 aliphatic rings. The Labute approximate surface area is 112 Å². The van der Waals surface area contributed by atoms with Gasteiger partial charge in [-0.2, -0.15) is 0 Å². The highest BCUT2D eigenvalue weighted by molar-refractivity contribution is 6.33. The van der Waals surface area contributed by atoms with E-state index in [1.165, 1.54) is 31.4 Å². The van der Waals surface area contributed by atoms with E-state index >= 15 is 0 Å². The van der Waals surface area contributed by atoms with E-state index in [1.54, 1.807) is 6.07 Å². The fraction of sp³-hybridized carbons (Fsp3) is 0.571. The highest BCUT2D eigenvalue weighted by Crippen LogP contribution is 2.36. The zero-order chi connectivity index (χ0) is 13.0. The van der Waals surface area contributed by atoms with Gasteiger partial charge in [0.2, 0.25) is 0 Å². The molecule has 18 heavy (non-hydrogen) atoms. The molecule has 100 valence electrons. The number of anilines is 1. The summed E-state index contributed by atoms with van der Waals surface area (Å²) in [4.78, 5) is 0. The standard InChI is InChI=1S/C14H19ClFNO/c15-12-8-11(16)4-5-13(12)17-9-14(10-18)6-2-1-3-7-14/h4-5,8,17-18H,1-3,6-7,9-10H2. The lowest BCUT2D eigenvalue weighted by Crippen LogP contribution is -2.35. The Bertz CT molecular complexity index is 405. The summed E-state index contributed by atoms with van der Waals surface area (Å²) in [7, 11) is 0. The molecule has 0 aromatic heterocycles. The maximum Gasteiger partial charge on any atom is 0.124 e. The van der Waals surface area contributed by atoms with E-state index in [0.717, 1.165) is 18.5 Å². The first-order valence-electron chi connectivity index (χ1n) is 6.45. The second-order valence-corrected chi connectivity index (χ2v) is 5.60. The average Bonchev–Trinajstić information content (AvgIpc) is 2.39. The molecule has 1 fully saturated rings. The topological polar surface area (TPSA) is 32.3 Å². The van der Waals surface area contributed by atoms with Crippen molar-refractivity contribution in [1.29, 1.82) is 0 Å². The van der Waals surface area contributed by atoms with E-state index in [2.05, 4.69) is 5.32 Å². The van der Waals surface area contributed by atoms with E-state index in [9.17, 15) is 9.50 Å². The lowest BCUT2D eigenvalue weighted by atomic mass is 9.74. The summed E-state index contributed by atoms with van der Waals surface area (Å²) < 4.78 is 12.9. The third-order valence-electron chi connectivity index (χ3n) is 3.83. The van der Waals surface area contributed by atoms with Crippen molar-refractivity contribution in [2.45, 2.75) is 32.1 Å². The second-order valence-electron chi connectivity index (χ2n) is 5.20. The van der Waals surface area contributed by atoms with Gasteiger partial charge in [-0.3, -0.25) is 0 Å². The number of nitrogens with one attached hydrogen (secondary N) is 1. The molecule has 0 radical (unpaired) electrons. The van der Waals surface area contributed by atoms with Gasteiger partial charge in [0.1, 0.15) is 5.82 Å². The summed E-state index contributed by atoms with van der Waals surface area (Å²) in [5.41, 5.74) is 0.687. The van der Waals surface area contributed by atoms with E-state index < -0.39 is 0 Å². The van der Waals surface area contributed by atoms with Crippen molar-refractivity contribution in [3.63, 3.8) is 0 Å². The molecule has 2 N–H and O–H groups in total. The van der Waals surface area contributed by atoms with Gasteiger partial charge < -0.3 is 10.4 Å². The fourth-order valence-corrected chi connectivity index (χ4v) is 2.84. The van der Waals surface area contributed by atoms with Crippen molar-refractivity contribution in [1.82, 2.24) is 0 Å². The van der Waals surface area contributed by atoms with Crippen LogP contribution in [0.5, 0.6) is 0 Å². The van der Waals surface area contributed by atoms with Gasteiger partial charge in [-0.1, -0.05) is 30.9 Å². The zero-order valence-corrected chi connectivity index (χ0v) is 11.1. The predicted molar refractivity (Wildman–Crippen MR) is 72.5 cm³/mol. The van der Waals surface area contributed by atoms with Crippen LogP contribution in [0.3, 0.4) is 0 Å². The molecule has 0 spiro atoms. The molecule has 1 aromatic rings. The van der Waals surface area contributed by atoms with Gasteiger partial charge in [0.05, 0.1) is 17.3 Å². The molecule has 0 unspecified atom stereocenters. The lowest BCUT2D eigenvalue weighted by Gasteiger charge is -2.36. The molecule has 0 atom stereocenters. The van der Waals surface area contributed by atoms with Crippen LogP contribution in [-0.2, 0) is 0 Å². The van der Waals surface area contributed by atoms with Gasteiger partial charge in [-0.15, -0.1) is 0 Å². The Kier molecular flexibility index (Phi) is 4.46. The minimum absolute atomic E-state index is 0.0457. The number of rotatable bonds is 4. The Morgan fingerprint density at radius 2 is 2.00 bits per heavy atom. The first-order chi connectivity index (χ1) is 8.65. The molecular formula is C14H19ClFNO. The van der Waals surface area contributed by atoms with Gasteiger partial charge in [-0.05, 0) is 31.0 Å². The summed E-state index contributed by atoms with van der Waals surface area (Å²) in [6, 6.07) is 4.34. The van der Waals surface area contributed by atoms with Gasteiger partial charge >= 0.3 is 0 Å². The minimum Gasteiger partial charge on any atom is -0.396 e. The van der Waals surface area contributed by atoms with Gasteiger partial charge in [0.15, 0.2) is 0 Å². The molecule has 2 rings (SSSR count). The largest absolute Gasteiger partial charge is 0.396 e. The van der Waals surface area contributed by atoms with Crippen molar-refractivity contribution in [2.75, 3.05) is 18.5 Å². The first-order valence-corrected chi connectivity index (χ1v) is 6.83. The molecule has 1 aromatic carbocycles. The molecule has 0 saturated heterocycles. The van der Waals surface area contributed by atoms with Crippen molar-refractivity contribution in [3.8, 4) is 0 Å². The SMILES string of the molecule is OCC1(CNc2ccc(F)cc2Cl)CCCCC1. The number of aliphatic hydroxyl groups excluding tert-OH is 1. The maximum absolute atomic E-state index is 12.9. The Morgan fingerprint density at radius 3 is 2.61 bits per heavy atom. The molecule has 1 saturated carbocycles. The normalized spacial score (nSPS) is 18.6. The summed E-state index contributed by atoms with van der Waals surface area (Å²) in [6.07, 6.45) is 5.66. The molecule has 0 bridgehead atoms. The second kappa shape index (κ2) is 5.89. The molecule has 2 nitrogen and oxygen atoms in total. The van der Waals surface area contributed by atoms with E-state index in [-0.39, 0.29) is 17.8 Å². The van der Waals surface area contributed by atoms with Crippen LogP contribution in [0.25, 0.3) is 0 Å². The summed E-state index contributed by atoms with van der Waals surface area (Å²) in [6.45, 7) is 0.883. The van der Waals surface area contributed by atoms with E-state index in [4.69, 9.17) is 11.6 Å².